The van der Waals surface area contributed by atoms with E-state index in [2.05, 4.69) is 20.3 Å². The van der Waals surface area contributed by atoms with Gasteiger partial charge in [0.25, 0.3) is 0 Å². The van der Waals surface area contributed by atoms with Crippen LogP contribution in [0.15, 0.2) is 24.3 Å². The molecule has 116 valence electrons. The molecule has 0 atom stereocenters. The van der Waals surface area contributed by atoms with E-state index in [9.17, 15) is 4.79 Å². The highest BCUT2D eigenvalue weighted by Crippen LogP contribution is 2.27. The van der Waals surface area contributed by atoms with Gasteiger partial charge in [0.05, 0.1) is 18.9 Å². The molecular weight excluding hydrogens is 288 g/mol. The van der Waals surface area contributed by atoms with Gasteiger partial charge >= 0.3 is 18.1 Å². The molecule has 2 N–H and O–H groups in total. The fraction of sp³-hybridized carbons (Fsp3) is 0.286. The summed E-state index contributed by atoms with van der Waals surface area (Å²) in [6, 6.07) is 7.04. The Kier molecular flexibility index (Phi) is 5.07. The van der Waals surface area contributed by atoms with E-state index in [1.807, 2.05) is 13.8 Å². The first-order chi connectivity index (χ1) is 10.6. The molecule has 0 aliphatic heterocycles. The van der Waals surface area contributed by atoms with Crippen LogP contribution in [0.5, 0.6) is 12.0 Å². The van der Waals surface area contributed by atoms with Crippen molar-refractivity contribution in [2.24, 2.45) is 0 Å². The fourth-order valence-corrected chi connectivity index (χ4v) is 1.75. The van der Waals surface area contributed by atoms with Gasteiger partial charge in [-0.15, -0.1) is 4.98 Å². The van der Waals surface area contributed by atoms with E-state index < -0.39 is 6.09 Å². The molecular formula is C14H16N4O4. The third kappa shape index (κ3) is 3.81. The van der Waals surface area contributed by atoms with Gasteiger partial charge in [0.15, 0.2) is 5.82 Å². The standard InChI is InChI=1S/C14H16N4O4/c1-3-21-12-16-11(17-13(18-12)22-4-2)9-7-5-6-8-10(9)15-14(19)20/h5-8,15H,3-4H2,1-2H3,(H,19,20). The third-order valence-electron chi connectivity index (χ3n) is 2.55. The molecule has 2 aromatic rings. The Morgan fingerprint density at radius 1 is 1.09 bits per heavy atom. The highest BCUT2D eigenvalue weighted by atomic mass is 16.5. The fourth-order valence-electron chi connectivity index (χ4n) is 1.75. The number of hydrogen-bond donors (Lipinski definition) is 2. The highest BCUT2D eigenvalue weighted by molar-refractivity contribution is 5.89. The van der Waals surface area contributed by atoms with Gasteiger partial charge in [-0.3, -0.25) is 5.32 Å². The SMILES string of the molecule is CCOc1nc(OCC)nc(-c2ccccc2NC(=O)O)n1. The van der Waals surface area contributed by atoms with Gasteiger partial charge in [0, 0.05) is 5.56 Å². The molecule has 8 heteroatoms. The maximum atomic E-state index is 10.9. The summed E-state index contributed by atoms with van der Waals surface area (Å²) < 4.78 is 10.6. The van der Waals surface area contributed by atoms with Crippen molar-refractivity contribution < 1.29 is 19.4 Å². The molecule has 0 saturated heterocycles. The molecule has 0 aliphatic rings. The van der Waals surface area contributed by atoms with Gasteiger partial charge in [-0.2, -0.15) is 9.97 Å². The van der Waals surface area contributed by atoms with Gasteiger partial charge in [0.1, 0.15) is 0 Å². The van der Waals surface area contributed by atoms with E-state index >= 15 is 0 Å². The lowest BCUT2D eigenvalue weighted by molar-refractivity contribution is 0.210. The number of rotatable bonds is 6. The van der Waals surface area contributed by atoms with Crippen molar-refractivity contribution in [3.8, 4) is 23.4 Å². The lowest BCUT2D eigenvalue weighted by Crippen LogP contribution is -2.10. The quantitative estimate of drug-likeness (QED) is 0.844. The van der Waals surface area contributed by atoms with Crippen LogP contribution in [0.3, 0.4) is 0 Å². The van der Waals surface area contributed by atoms with Gasteiger partial charge in [-0.05, 0) is 26.0 Å². The first-order valence-corrected chi connectivity index (χ1v) is 6.75. The summed E-state index contributed by atoms with van der Waals surface area (Å²) in [5.74, 6) is 0.270. The molecule has 1 amide bonds. The Morgan fingerprint density at radius 3 is 2.23 bits per heavy atom. The van der Waals surface area contributed by atoms with Crippen molar-refractivity contribution in [3.05, 3.63) is 24.3 Å². The monoisotopic (exact) mass is 304 g/mol. The number of carboxylic acid groups (broad SMARTS) is 1. The summed E-state index contributed by atoms with van der Waals surface area (Å²) in [7, 11) is 0. The molecule has 0 saturated carbocycles. The summed E-state index contributed by atoms with van der Waals surface area (Å²) in [4.78, 5) is 23.3. The number of nitrogens with zero attached hydrogens (tertiary/aromatic N) is 3. The number of benzene rings is 1. The first kappa shape index (κ1) is 15.5. The van der Waals surface area contributed by atoms with Gasteiger partial charge in [0.2, 0.25) is 0 Å². The van der Waals surface area contributed by atoms with Crippen molar-refractivity contribution in [1.29, 1.82) is 0 Å². The zero-order valence-electron chi connectivity index (χ0n) is 12.2. The van der Waals surface area contributed by atoms with Crippen LogP contribution in [0, 0.1) is 0 Å². The number of para-hydroxylation sites is 1. The Balaban J connectivity index is 2.48. The second-order valence-electron chi connectivity index (χ2n) is 4.07. The molecule has 0 spiro atoms. The first-order valence-electron chi connectivity index (χ1n) is 6.75. The average Bonchev–Trinajstić information content (AvgIpc) is 2.47. The maximum absolute atomic E-state index is 10.9. The van der Waals surface area contributed by atoms with Crippen molar-refractivity contribution in [3.63, 3.8) is 0 Å². The van der Waals surface area contributed by atoms with Crippen LogP contribution >= 0.6 is 0 Å². The zero-order valence-corrected chi connectivity index (χ0v) is 12.2. The summed E-state index contributed by atoms with van der Waals surface area (Å²) >= 11 is 0. The molecule has 0 unspecified atom stereocenters. The van der Waals surface area contributed by atoms with E-state index in [-0.39, 0.29) is 17.8 Å². The smallest absolute Gasteiger partial charge is 0.409 e. The van der Waals surface area contributed by atoms with Crippen LogP contribution in [0.1, 0.15) is 13.8 Å². The molecule has 2 rings (SSSR count). The molecule has 8 nitrogen and oxygen atoms in total. The van der Waals surface area contributed by atoms with Crippen LogP contribution in [-0.2, 0) is 0 Å². The molecule has 0 aliphatic carbocycles. The Hall–Kier alpha value is -2.90. The minimum absolute atomic E-state index is 0.126. The molecule has 1 heterocycles. The topological polar surface area (TPSA) is 106 Å². The summed E-state index contributed by atoms with van der Waals surface area (Å²) in [5.41, 5.74) is 0.875. The van der Waals surface area contributed by atoms with Gasteiger partial charge in [-0.25, -0.2) is 4.79 Å². The number of nitrogens with one attached hydrogen (secondary N) is 1. The van der Waals surface area contributed by atoms with E-state index in [1.54, 1.807) is 24.3 Å². The van der Waals surface area contributed by atoms with Gasteiger partial charge < -0.3 is 14.6 Å². The van der Waals surface area contributed by atoms with Crippen LogP contribution in [-0.4, -0.2) is 39.4 Å². The minimum Gasteiger partial charge on any atom is -0.465 e. The molecule has 1 aromatic heterocycles. The van der Waals surface area contributed by atoms with Crippen LogP contribution < -0.4 is 14.8 Å². The lowest BCUT2D eigenvalue weighted by atomic mass is 10.1. The van der Waals surface area contributed by atoms with E-state index in [0.29, 0.717) is 24.5 Å². The van der Waals surface area contributed by atoms with Crippen molar-refractivity contribution in [2.75, 3.05) is 18.5 Å². The summed E-state index contributed by atoms with van der Waals surface area (Å²) in [5, 5.41) is 11.2. The van der Waals surface area contributed by atoms with E-state index in [4.69, 9.17) is 14.6 Å². The number of anilines is 1. The summed E-state index contributed by atoms with van der Waals surface area (Å²) in [6.45, 7) is 4.40. The van der Waals surface area contributed by atoms with Gasteiger partial charge in [-0.1, -0.05) is 12.1 Å². The lowest BCUT2D eigenvalue weighted by Gasteiger charge is -2.10. The second kappa shape index (κ2) is 7.21. The van der Waals surface area contributed by atoms with Crippen molar-refractivity contribution in [1.82, 2.24) is 15.0 Å². The highest BCUT2D eigenvalue weighted by Gasteiger charge is 2.14. The number of carbonyl (C=O) groups is 1. The molecule has 0 fully saturated rings. The van der Waals surface area contributed by atoms with Crippen LogP contribution in [0.25, 0.3) is 11.4 Å². The van der Waals surface area contributed by atoms with Crippen molar-refractivity contribution >= 4 is 11.8 Å². The second-order valence-corrected chi connectivity index (χ2v) is 4.07. The van der Waals surface area contributed by atoms with Crippen LogP contribution in [0.4, 0.5) is 10.5 Å². The minimum atomic E-state index is -1.17. The zero-order chi connectivity index (χ0) is 15.9. The largest absolute Gasteiger partial charge is 0.465 e. The normalized spacial score (nSPS) is 10.1. The van der Waals surface area contributed by atoms with E-state index in [0.717, 1.165) is 0 Å². The summed E-state index contributed by atoms with van der Waals surface area (Å²) in [6.07, 6.45) is -1.17. The Labute approximate surface area is 127 Å². The maximum Gasteiger partial charge on any atom is 0.409 e. The number of aromatic nitrogens is 3. The third-order valence-corrected chi connectivity index (χ3v) is 2.55. The van der Waals surface area contributed by atoms with E-state index in [1.165, 1.54) is 0 Å². The molecule has 0 radical (unpaired) electrons. The molecule has 1 aromatic carbocycles. The number of hydrogen-bond acceptors (Lipinski definition) is 6. The predicted molar refractivity (Wildman–Crippen MR) is 79.2 cm³/mol. The average molecular weight is 304 g/mol. The Morgan fingerprint density at radius 2 is 1.68 bits per heavy atom. The van der Waals surface area contributed by atoms with Crippen molar-refractivity contribution in [2.45, 2.75) is 13.8 Å². The predicted octanol–water partition coefficient (Wildman–Crippen LogP) is 2.43. The number of amides is 1. The molecule has 22 heavy (non-hydrogen) atoms. The molecule has 0 bridgehead atoms. The number of ether oxygens (including phenoxy) is 2. The Bertz CT molecular complexity index is 639. The van der Waals surface area contributed by atoms with Crippen LogP contribution in [0.2, 0.25) is 0 Å².